The van der Waals surface area contributed by atoms with Gasteiger partial charge in [-0.2, -0.15) is 4.39 Å². The number of aryl methyl sites for hydroxylation is 2. The van der Waals surface area contributed by atoms with Crippen molar-refractivity contribution in [3.05, 3.63) is 53.1 Å². The summed E-state index contributed by atoms with van der Waals surface area (Å²) in [6.07, 6.45) is 6.67. The summed E-state index contributed by atoms with van der Waals surface area (Å²) in [5.74, 6) is 0.0262. The normalized spacial score (nSPS) is 13.5. The number of methoxy groups -OCH3 is 1. The van der Waals surface area contributed by atoms with Crippen molar-refractivity contribution in [1.82, 2.24) is 28.9 Å². The average Bonchev–Trinajstić information content (AvgIpc) is 3.74. The summed E-state index contributed by atoms with van der Waals surface area (Å²) in [6.45, 7) is 0.117. The van der Waals surface area contributed by atoms with Gasteiger partial charge in [-0.15, -0.1) is 5.10 Å². The van der Waals surface area contributed by atoms with Crippen LogP contribution in [0, 0.1) is 5.95 Å². The molecule has 1 aromatic carbocycles. The van der Waals surface area contributed by atoms with E-state index < -0.39 is 12.0 Å². The lowest BCUT2D eigenvalue weighted by Crippen LogP contribution is -2.24. The van der Waals surface area contributed by atoms with Gasteiger partial charge in [0.05, 0.1) is 47.6 Å². The number of pyridine rings is 1. The fraction of sp³-hybridized carbons (Fsp3) is 0.357. The van der Waals surface area contributed by atoms with Gasteiger partial charge in [-0.05, 0) is 30.5 Å². The van der Waals surface area contributed by atoms with Crippen molar-refractivity contribution in [2.45, 2.75) is 31.7 Å². The molecule has 1 fully saturated rings. The fourth-order valence-electron chi connectivity index (χ4n) is 5.48. The molecule has 0 spiro atoms. The predicted molar refractivity (Wildman–Crippen MR) is 151 cm³/mol. The van der Waals surface area contributed by atoms with E-state index in [1.54, 1.807) is 31.1 Å². The van der Waals surface area contributed by atoms with Crippen LogP contribution in [0.25, 0.3) is 44.5 Å². The number of hydrogen-bond donors (Lipinski definition) is 3. The van der Waals surface area contributed by atoms with E-state index in [0.717, 1.165) is 53.2 Å². The SMILES string of the molecule is COC(N)=O.Cn1cc(-c2[nH]c3ncc4c(c3c2-c2ccc(OCCO)cc2)n(C2CCCC2)c(=O)n4C)c(F)n1. The standard InChI is InChI=1S/C26H27FN6O3.C2H5NO2/c1-31-14-18(24(27)30-31)22-20(15-7-9-17(10-8-15)36-12-11-34)21-23-19(13-28-25(21)29-22)32(2)26(35)33(23)16-5-3-4-6-16;1-5-2(3)4/h7-10,13-14,16,34H,3-6,11-12H2,1-2H3,(H,28,29);1H3,(H2,3,4). The molecule has 0 unspecified atom stereocenters. The summed E-state index contributed by atoms with van der Waals surface area (Å²) < 4.78 is 29.4. The minimum absolute atomic E-state index is 0.0693. The molecule has 1 amide bonds. The van der Waals surface area contributed by atoms with Gasteiger partial charge in [-0.25, -0.2) is 14.6 Å². The number of nitrogens with two attached hydrogens (primary N) is 1. The zero-order valence-corrected chi connectivity index (χ0v) is 23.1. The Morgan fingerprint density at radius 1 is 1.22 bits per heavy atom. The van der Waals surface area contributed by atoms with Gasteiger partial charge in [-0.1, -0.05) is 25.0 Å². The second-order valence-corrected chi connectivity index (χ2v) is 9.87. The number of primary amides is 1. The number of H-pyrrole nitrogens is 1. The van der Waals surface area contributed by atoms with E-state index in [0.29, 0.717) is 22.7 Å². The number of benzene rings is 1. The number of aromatic nitrogens is 6. The van der Waals surface area contributed by atoms with Crippen LogP contribution in [-0.4, -0.2) is 60.4 Å². The molecule has 12 nitrogen and oxygen atoms in total. The molecule has 0 atom stereocenters. The van der Waals surface area contributed by atoms with Gasteiger partial charge in [0, 0.05) is 31.9 Å². The Labute approximate surface area is 234 Å². The molecule has 6 rings (SSSR count). The largest absolute Gasteiger partial charge is 0.491 e. The van der Waals surface area contributed by atoms with Gasteiger partial charge in [0.15, 0.2) is 0 Å². The molecule has 216 valence electrons. The van der Waals surface area contributed by atoms with E-state index in [-0.39, 0.29) is 24.9 Å². The highest BCUT2D eigenvalue weighted by Gasteiger charge is 2.28. The molecule has 4 heterocycles. The van der Waals surface area contributed by atoms with Gasteiger partial charge < -0.3 is 25.3 Å². The van der Waals surface area contributed by atoms with Crippen molar-refractivity contribution < 1.29 is 23.8 Å². The molecule has 5 aromatic rings. The maximum atomic E-state index is 15.0. The average molecular weight is 566 g/mol. The summed E-state index contributed by atoms with van der Waals surface area (Å²) in [5.41, 5.74) is 8.93. The topological polar surface area (TPSA) is 155 Å². The van der Waals surface area contributed by atoms with Crippen molar-refractivity contribution in [3.63, 3.8) is 0 Å². The highest BCUT2D eigenvalue weighted by molar-refractivity contribution is 6.14. The Kier molecular flexibility index (Phi) is 7.79. The maximum absolute atomic E-state index is 15.0. The number of fused-ring (bicyclic) bond motifs is 3. The first-order valence-electron chi connectivity index (χ1n) is 13.2. The second kappa shape index (κ2) is 11.5. The number of carbonyl (C=O) groups is 1. The molecule has 0 bridgehead atoms. The van der Waals surface area contributed by atoms with Crippen molar-refractivity contribution in [2.24, 2.45) is 19.8 Å². The van der Waals surface area contributed by atoms with Crippen LogP contribution < -0.4 is 16.2 Å². The number of rotatable bonds is 6. The number of aliphatic hydroxyl groups is 1. The predicted octanol–water partition coefficient (Wildman–Crippen LogP) is 3.62. The first-order chi connectivity index (χ1) is 19.7. The summed E-state index contributed by atoms with van der Waals surface area (Å²) in [7, 11) is 4.67. The number of aliphatic hydroxyl groups excluding tert-OH is 1. The third kappa shape index (κ3) is 5.15. The van der Waals surface area contributed by atoms with E-state index in [4.69, 9.17) is 9.84 Å². The summed E-state index contributed by atoms with van der Waals surface area (Å²) in [4.78, 5) is 30.8. The minimum atomic E-state index is -0.745. The monoisotopic (exact) mass is 565 g/mol. The number of nitrogens with zero attached hydrogens (tertiary/aromatic N) is 5. The lowest BCUT2D eigenvalue weighted by atomic mass is 9.99. The Bertz CT molecular complexity index is 1760. The Balaban J connectivity index is 0.000000623. The first kappa shape index (κ1) is 27.9. The minimum Gasteiger partial charge on any atom is -0.491 e. The maximum Gasteiger partial charge on any atom is 0.404 e. The number of nitrogens with one attached hydrogen (secondary N) is 1. The molecular formula is C28H32FN7O5. The number of ether oxygens (including phenoxy) is 2. The Morgan fingerprint density at radius 2 is 1.90 bits per heavy atom. The molecular weight excluding hydrogens is 533 g/mol. The van der Waals surface area contributed by atoms with Crippen LogP contribution in [0.4, 0.5) is 9.18 Å². The first-order valence-corrected chi connectivity index (χ1v) is 13.2. The highest BCUT2D eigenvalue weighted by Crippen LogP contribution is 2.43. The van der Waals surface area contributed by atoms with Gasteiger partial charge in [-0.3, -0.25) is 13.8 Å². The second-order valence-electron chi connectivity index (χ2n) is 9.87. The van der Waals surface area contributed by atoms with Gasteiger partial charge in [0.1, 0.15) is 18.0 Å². The smallest absolute Gasteiger partial charge is 0.404 e. The zero-order valence-electron chi connectivity index (χ0n) is 23.1. The number of imidazole rings is 1. The van der Waals surface area contributed by atoms with Gasteiger partial charge >= 0.3 is 11.8 Å². The van der Waals surface area contributed by atoms with Crippen LogP contribution >= 0.6 is 0 Å². The molecule has 4 N–H and O–H groups in total. The van der Waals surface area contributed by atoms with Crippen LogP contribution in [0.3, 0.4) is 0 Å². The zero-order chi connectivity index (χ0) is 29.3. The van der Waals surface area contributed by atoms with Crippen molar-refractivity contribution >= 4 is 28.2 Å². The Hall–Kier alpha value is -4.65. The Morgan fingerprint density at radius 3 is 2.49 bits per heavy atom. The van der Waals surface area contributed by atoms with Crippen LogP contribution in [-0.2, 0) is 18.8 Å². The number of aromatic amines is 1. The number of amides is 1. The van der Waals surface area contributed by atoms with Crippen molar-refractivity contribution in [1.29, 1.82) is 0 Å². The molecule has 13 heteroatoms. The quantitative estimate of drug-likeness (QED) is 0.284. The highest BCUT2D eigenvalue weighted by atomic mass is 19.1. The van der Waals surface area contributed by atoms with E-state index >= 15 is 0 Å². The molecule has 0 saturated heterocycles. The lowest BCUT2D eigenvalue weighted by molar-refractivity contribution is 0.182. The van der Waals surface area contributed by atoms with Crippen LogP contribution in [0.15, 0.2) is 41.5 Å². The molecule has 4 aromatic heterocycles. The van der Waals surface area contributed by atoms with E-state index in [1.165, 1.54) is 11.8 Å². The van der Waals surface area contributed by atoms with Gasteiger partial charge in [0.2, 0.25) is 5.95 Å². The van der Waals surface area contributed by atoms with Gasteiger partial charge in [0.25, 0.3) is 0 Å². The number of hydrogen-bond acceptors (Lipinski definition) is 7. The number of carbonyl (C=O) groups excluding carboxylic acids is 1. The third-order valence-corrected chi connectivity index (χ3v) is 7.32. The molecule has 41 heavy (non-hydrogen) atoms. The lowest BCUT2D eigenvalue weighted by Gasteiger charge is -2.13. The molecule has 1 saturated carbocycles. The van der Waals surface area contributed by atoms with Crippen molar-refractivity contribution in [3.8, 4) is 28.1 Å². The van der Waals surface area contributed by atoms with Crippen LogP contribution in [0.1, 0.15) is 31.7 Å². The third-order valence-electron chi connectivity index (χ3n) is 7.32. The molecule has 1 aliphatic carbocycles. The fourth-order valence-corrected chi connectivity index (χ4v) is 5.48. The van der Waals surface area contributed by atoms with Crippen molar-refractivity contribution in [2.75, 3.05) is 20.3 Å². The van der Waals surface area contributed by atoms with E-state index in [2.05, 4.69) is 25.5 Å². The summed E-state index contributed by atoms with van der Waals surface area (Å²) >= 11 is 0. The molecule has 0 aliphatic heterocycles. The van der Waals surface area contributed by atoms with Crippen LogP contribution in [0.2, 0.25) is 0 Å². The van der Waals surface area contributed by atoms with E-state index in [9.17, 15) is 14.0 Å². The molecule has 1 aliphatic rings. The number of halogens is 1. The summed E-state index contributed by atoms with van der Waals surface area (Å²) in [6, 6.07) is 7.54. The van der Waals surface area contributed by atoms with E-state index in [1.807, 2.05) is 28.8 Å². The van der Waals surface area contributed by atoms with Crippen LogP contribution in [0.5, 0.6) is 5.75 Å². The molecule has 0 radical (unpaired) electrons. The summed E-state index contributed by atoms with van der Waals surface area (Å²) in [5, 5.41) is 13.8.